The Labute approximate surface area is 97.7 Å². The Morgan fingerprint density at radius 2 is 2.24 bits per heavy atom. The van der Waals surface area contributed by atoms with Crippen LogP contribution in [0.2, 0.25) is 0 Å². The molecule has 1 aliphatic heterocycles. The van der Waals surface area contributed by atoms with Crippen LogP contribution in [-0.4, -0.2) is 6.03 Å². The maximum absolute atomic E-state index is 13.1. The molecule has 1 aliphatic rings. The average molecular weight is 231 g/mol. The number of rotatable bonds is 1. The number of carbonyl (C=O) groups is 1. The molecule has 0 saturated carbocycles. The molecule has 1 unspecified atom stereocenters. The second-order valence-corrected chi connectivity index (χ2v) is 3.74. The minimum Gasteiger partial charge on any atom is -0.326 e. The molecule has 0 bridgehead atoms. The van der Waals surface area contributed by atoms with Crippen molar-refractivity contribution in [1.29, 1.82) is 5.26 Å². The van der Waals surface area contributed by atoms with E-state index in [4.69, 9.17) is 5.26 Å². The fourth-order valence-electron chi connectivity index (χ4n) is 1.78. The Morgan fingerprint density at radius 3 is 2.88 bits per heavy atom. The van der Waals surface area contributed by atoms with Crippen molar-refractivity contribution >= 4 is 6.03 Å². The first kappa shape index (κ1) is 11.1. The van der Waals surface area contributed by atoms with E-state index >= 15 is 0 Å². The lowest BCUT2D eigenvalue weighted by molar-refractivity contribution is 0.239. The molecule has 0 fully saturated rings. The minimum absolute atomic E-state index is 0.384. The van der Waals surface area contributed by atoms with Crippen LogP contribution < -0.4 is 10.6 Å². The largest absolute Gasteiger partial charge is 0.326 e. The number of amides is 2. The Bertz CT molecular complexity index is 545. The lowest BCUT2D eigenvalue weighted by atomic mass is 9.96. The van der Waals surface area contributed by atoms with Gasteiger partial charge in [0.2, 0.25) is 0 Å². The van der Waals surface area contributed by atoms with Crippen LogP contribution in [0.25, 0.3) is 0 Å². The van der Waals surface area contributed by atoms with Crippen molar-refractivity contribution < 1.29 is 9.18 Å². The molecule has 1 atom stereocenters. The van der Waals surface area contributed by atoms with Crippen molar-refractivity contribution in [3.63, 3.8) is 0 Å². The highest BCUT2D eigenvalue weighted by Gasteiger charge is 2.26. The number of nitrogens with zero attached hydrogens (tertiary/aromatic N) is 1. The van der Waals surface area contributed by atoms with E-state index in [1.165, 1.54) is 12.1 Å². The highest BCUT2D eigenvalue weighted by molar-refractivity contribution is 5.79. The van der Waals surface area contributed by atoms with Crippen LogP contribution in [0.3, 0.4) is 0 Å². The van der Waals surface area contributed by atoms with Gasteiger partial charge in [-0.3, -0.25) is 0 Å². The second kappa shape index (κ2) is 4.26. The quantitative estimate of drug-likeness (QED) is 0.776. The summed E-state index contributed by atoms with van der Waals surface area (Å²) in [5.74, 6) is -0.398. The van der Waals surface area contributed by atoms with Crippen LogP contribution in [0, 0.1) is 17.1 Å². The van der Waals surface area contributed by atoms with Crippen molar-refractivity contribution in [2.45, 2.75) is 13.0 Å². The molecule has 5 heteroatoms. The Balaban J connectivity index is 2.47. The van der Waals surface area contributed by atoms with E-state index in [2.05, 4.69) is 10.6 Å². The van der Waals surface area contributed by atoms with Crippen molar-refractivity contribution in [2.75, 3.05) is 0 Å². The summed E-state index contributed by atoms with van der Waals surface area (Å²) in [4.78, 5) is 11.3. The molecule has 0 aliphatic carbocycles. The second-order valence-electron chi connectivity index (χ2n) is 3.74. The van der Waals surface area contributed by atoms with Gasteiger partial charge in [-0.15, -0.1) is 0 Å². The van der Waals surface area contributed by atoms with E-state index in [1.54, 1.807) is 19.1 Å². The lowest BCUT2D eigenvalue weighted by Gasteiger charge is -2.25. The summed E-state index contributed by atoms with van der Waals surface area (Å²) in [6.07, 6.45) is 0. The first-order valence-corrected chi connectivity index (χ1v) is 5.05. The number of urea groups is 1. The SMILES string of the molecule is CC1=C(C#N)C(c2cccc(F)c2)NC(=O)N1. The van der Waals surface area contributed by atoms with Crippen LogP contribution in [-0.2, 0) is 0 Å². The molecule has 0 saturated heterocycles. The van der Waals surface area contributed by atoms with Crippen molar-refractivity contribution in [3.05, 3.63) is 46.9 Å². The molecule has 1 aromatic rings. The van der Waals surface area contributed by atoms with Gasteiger partial charge in [0, 0.05) is 5.70 Å². The van der Waals surface area contributed by atoms with Crippen molar-refractivity contribution in [2.24, 2.45) is 0 Å². The summed E-state index contributed by atoms with van der Waals surface area (Å²) in [6, 6.07) is 6.87. The Kier molecular flexibility index (Phi) is 2.79. The van der Waals surface area contributed by atoms with Crippen molar-refractivity contribution in [1.82, 2.24) is 10.6 Å². The maximum Gasteiger partial charge on any atom is 0.319 e. The van der Waals surface area contributed by atoms with Gasteiger partial charge in [-0.1, -0.05) is 12.1 Å². The first-order valence-electron chi connectivity index (χ1n) is 5.05. The van der Waals surface area contributed by atoms with Crippen LogP contribution in [0.5, 0.6) is 0 Å². The van der Waals surface area contributed by atoms with Gasteiger partial charge in [0.05, 0.1) is 17.7 Å². The lowest BCUT2D eigenvalue weighted by Crippen LogP contribution is -2.43. The number of nitrogens with one attached hydrogen (secondary N) is 2. The summed E-state index contributed by atoms with van der Waals surface area (Å²) >= 11 is 0. The molecule has 2 amide bonds. The van der Waals surface area contributed by atoms with Crippen LogP contribution in [0.1, 0.15) is 18.5 Å². The fraction of sp³-hybridized carbons (Fsp3) is 0.167. The molecule has 0 aromatic heterocycles. The predicted molar refractivity (Wildman–Crippen MR) is 59.1 cm³/mol. The van der Waals surface area contributed by atoms with Crippen LogP contribution in [0.15, 0.2) is 35.5 Å². The molecule has 17 heavy (non-hydrogen) atoms. The van der Waals surface area contributed by atoms with Gasteiger partial charge >= 0.3 is 6.03 Å². The van der Waals surface area contributed by atoms with Gasteiger partial charge in [-0.2, -0.15) is 5.26 Å². The average Bonchev–Trinajstić information content (AvgIpc) is 2.28. The van der Waals surface area contributed by atoms with Gasteiger partial charge < -0.3 is 10.6 Å². The third-order valence-electron chi connectivity index (χ3n) is 2.57. The Hall–Kier alpha value is -2.35. The molecule has 2 rings (SSSR count). The molecule has 1 aromatic carbocycles. The molecule has 4 nitrogen and oxygen atoms in total. The van der Waals surface area contributed by atoms with E-state index in [0.29, 0.717) is 16.8 Å². The Morgan fingerprint density at radius 1 is 1.47 bits per heavy atom. The number of allylic oxidation sites excluding steroid dienone is 1. The van der Waals surface area contributed by atoms with Gasteiger partial charge in [0.15, 0.2) is 0 Å². The number of nitriles is 1. The van der Waals surface area contributed by atoms with Crippen LogP contribution in [0.4, 0.5) is 9.18 Å². The zero-order valence-corrected chi connectivity index (χ0v) is 9.12. The summed E-state index contributed by atoms with van der Waals surface area (Å²) < 4.78 is 13.1. The van der Waals surface area contributed by atoms with E-state index in [-0.39, 0.29) is 0 Å². The first-order chi connectivity index (χ1) is 8.11. The summed E-state index contributed by atoms with van der Waals surface area (Å²) in [6.45, 7) is 1.64. The summed E-state index contributed by atoms with van der Waals surface area (Å²) in [7, 11) is 0. The molecular formula is C12H10FN3O. The predicted octanol–water partition coefficient (Wildman–Crippen LogP) is 1.98. The topological polar surface area (TPSA) is 64.9 Å². The minimum atomic E-state index is -0.593. The summed E-state index contributed by atoms with van der Waals surface area (Å²) in [5.41, 5.74) is 1.43. The van der Waals surface area contributed by atoms with Gasteiger partial charge in [0.25, 0.3) is 0 Å². The van der Waals surface area contributed by atoms with Gasteiger partial charge in [-0.25, -0.2) is 9.18 Å². The zero-order valence-electron chi connectivity index (χ0n) is 9.12. The molecule has 0 spiro atoms. The highest BCUT2D eigenvalue weighted by atomic mass is 19.1. The van der Waals surface area contributed by atoms with Gasteiger partial charge in [-0.05, 0) is 24.6 Å². The standard InChI is InChI=1S/C12H10FN3O/c1-7-10(6-14)11(16-12(17)15-7)8-3-2-4-9(13)5-8/h2-5,11H,1H3,(H2,15,16,17). The maximum atomic E-state index is 13.1. The zero-order chi connectivity index (χ0) is 12.4. The van der Waals surface area contributed by atoms with E-state index in [0.717, 1.165) is 0 Å². The molecule has 2 N–H and O–H groups in total. The smallest absolute Gasteiger partial charge is 0.319 e. The van der Waals surface area contributed by atoms with E-state index in [1.807, 2.05) is 6.07 Å². The van der Waals surface area contributed by atoms with E-state index < -0.39 is 17.9 Å². The third-order valence-corrected chi connectivity index (χ3v) is 2.57. The third kappa shape index (κ3) is 2.11. The number of benzene rings is 1. The molecule has 86 valence electrons. The normalized spacial score (nSPS) is 19.4. The van der Waals surface area contributed by atoms with E-state index in [9.17, 15) is 9.18 Å². The molecule has 0 radical (unpaired) electrons. The van der Waals surface area contributed by atoms with Crippen LogP contribution >= 0.6 is 0 Å². The number of halogens is 1. The highest BCUT2D eigenvalue weighted by Crippen LogP contribution is 2.25. The molecular weight excluding hydrogens is 221 g/mol. The monoisotopic (exact) mass is 231 g/mol. The number of hydrogen-bond donors (Lipinski definition) is 2. The number of hydrogen-bond acceptors (Lipinski definition) is 2. The van der Waals surface area contributed by atoms with Crippen molar-refractivity contribution in [3.8, 4) is 6.07 Å². The molecule has 1 heterocycles. The number of carbonyl (C=O) groups excluding carboxylic acids is 1. The summed E-state index contributed by atoms with van der Waals surface area (Å²) in [5, 5.41) is 14.2. The fourth-order valence-corrected chi connectivity index (χ4v) is 1.78. The van der Waals surface area contributed by atoms with Gasteiger partial charge in [0.1, 0.15) is 5.82 Å².